The van der Waals surface area contributed by atoms with Crippen molar-refractivity contribution in [1.29, 1.82) is 5.26 Å². The minimum absolute atomic E-state index is 0.262. The lowest BCUT2D eigenvalue weighted by atomic mass is 9.97. The monoisotopic (exact) mass is 409 g/mol. The Morgan fingerprint density at radius 2 is 2.00 bits per heavy atom. The fourth-order valence-electron chi connectivity index (χ4n) is 4.29. The molecule has 154 valence electrons. The minimum atomic E-state index is 0.262. The summed E-state index contributed by atoms with van der Waals surface area (Å²) >= 11 is 0. The number of benzene rings is 2. The molecule has 0 radical (unpaired) electrons. The van der Waals surface area contributed by atoms with Gasteiger partial charge in [-0.3, -0.25) is 0 Å². The van der Waals surface area contributed by atoms with Gasteiger partial charge in [0.25, 0.3) is 0 Å². The predicted octanol–water partition coefficient (Wildman–Crippen LogP) is 4.55. The van der Waals surface area contributed by atoms with Gasteiger partial charge in [0.1, 0.15) is 24.2 Å². The molecule has 1 N–H and O–H groups in total. The van der Waals surface area contributed by atoms with E-state index in [1.165, 1.54) is 11.1 Å². The zero-order valence-electron chi connectivity index (χ0n) is 17.4. The van der Waals surface area contributed by atoms with E-state index in [0.29, 0.717) is 30.4 Å². The SMILES string of the molecule is CN1C/C=C\COc2cc(ccc2C#N)Nc2nc3c(c1n2)CCC3c1ccccc1. The first-order valence-corrected chi connectivity index (χ1v) is 10.5. The van der Waals surface area contributed by atoms with E-state index in [2.05, 4.69) is 53.7 Å². The van der Waals surface area contributed by atoms with Gasteiger partial charge in [0.15, 0.2) is 0 Å². The molecule has 2 aliphatic rings. The number of rotatable bonds is 1. The van der Waals surface area contributed by atoms with Crippen LogP contribution in [0.4, 0.5) is 17.5 Å². The number of nitrogens with zero attached hydrogens (tertiary/aromatic N) is 4. The van der Waals surface area contributed by atoms with E-state index in [9.17, 15) is 5.26 Å². The average molecular weight is 409 g/mol. The van der Waals surface area contributed by atoms with Crippen LogP contribution in [0.15, 0.2) is 60.7 Å². The van der Waals surface area contributed by atoms with Gasteiger partial charge in [0.05, 0.1) is 11.3 Å². The van der Waals surface area contributed by atoms with Gasteiger partial charge in [-0.05, 0) is 36.6 Å². The summed E-state index contributed by atoms with van der Waals surface area (Å²) in [6.07, 6.45) is 6.04. The Hall–Kier alpha value is -3.85. The van der Waals surface area contributed by atoms with Gasteiger partial charge in [-0.15, -0.1) is 0 Å². The number of ether oxygens (including phenoxy) is 1. The first-order valence-electron chi connectivity index (χ1n) is 10.5. The van der Waals surface area contributed by atoms with Crippen molar-refractivity contribution in [3.63, 3.8) is 0 Å². The van der Waals surface area contributed by atoms with Crippen molar-refractivity contribution in [2.75, 3.05) is 30.4 Å². The molecule has 0 spiro atoms. The highest BCUT2D eigenvalue weighted by molar-refractivity contribution is 5.63. The summed E-state index contributed by atoms with van der Waals surface area (Å²) in [5.74, 6) is 2.33. The van der Waals surface area contributed by atoms with E-state index in [1.807, 2.05) is 24.3 Å². The van der Waals surface area contributed by atoms with Gasteiger partial charge < -0.3 is 15.0 Å². The molecule has 0 saturated carbocycles. The van der Waals surface area contributed by atoms with Crippen LogP contribution < -0.4 is 15.0 Å². The van der Waals surface area contributed by atoms with E-state index in [-0.39, 0.29) is 5.92 Å². The zero-order chi connectivity index (χ0) is 21.2. The Morgan fingerprint density at radius 3 is 2.84 bits per heavy atom. The molecule has 4 bridgehead atoms. The summed E-state index contributed by atoms with van der Waals surface area (Å²) in [5, 5.41) is 12.7. The van der Waals surface area contributed by atoms with Crippen molar-refractivity contribution < 1.29 is 4.74 Å². The average Bonchev–Trinajstić information content (AvgIpc) is 3.22. The van der Waals surface area contributed by atoms with Crippen LogP contribution in [-0.2, 0) is 6.42 Å². The summed E-state index contributed by atoms with van der Waals surface area (Å²) in [4.78, 5) is 12.0. The second-order valence-electron chi connectivity index (χ2n) is 7.85. The largest absolute Gasteiger partial charge is 0.488 e. The van der Waals surface area contributed by atoms with E-state index in [4.69, 9.17) is 14.7 Å². The van der Waals surface area contributed by atoms with Crippen LogP contribution in [0.2, 0.25) is 0 Å². The molecule has 3 aromatic rings. The van der Waals surface area contributed by atoms with Crippen LogP contribution in [-0.4, -0.2) is 30.2 Å². The molecule has 0 fully saturated rings. The van der Waals surface area contributed by atoms with Gasteiger partial charge >= 0.3 is 0 Å². The lowest BCUT2D eigenvalue weighted by molar-refractivity contribution is 0.362. The number of nitrogens with one attached hydrogen (secondary N) is 1. The molecular formula is C25H23N5O. The highest BCUT2D eigenvalue weighted by atomic mass is 16.5. The van der Waals surface area contributed by atoms with Crippen molar-refractivity contribution in [2.24, 2.45) is 0 Å². The van der Waals surface area contributed by atoms with Crippen molar-refractivity contribution in [1.82, 2.24) is 9.97 Å². The van der Waals surface area contributed by atoms with Crippen molar-refractivity contribution in [3.05, 3.63) is 83.1 Å². The molecule has 1 atom stereocenters. The maximum absolute atomic E-state index is 9.39. The number of anilines is 3. The van der Waals surface area contributed by atoms with E-state index < -0.39 is 0 Å². The fourth-order valence-corrected chi connectivity index (χ4v) is 4.29. The van der Waals surface area contributed by atoms with Gasteiger partial charge in [-0.1, -0.05) is 36.4 Å². The van der Waals surface area contributed by atoms with Crippen LogP contribution in [0.1, 0.15) is 34.7 Å². The molecular weight excluding hydrogens is 386 g/mol. The molecule has 6 nitrogen and oxygen atoms in total. The third-order valence-electron chi connectivity index (χ3n) is 5.83. The summed E-state index contributed by atoms with van der Waals surface area (Å²) in [6, 6.07) is 18.2. The molecule has 5 rings (SSSR count). The number of likely N-dealkylation sites (N-methyl/N-ethyl adjacent to an activating group) is 1. The zero-order valence-corrected chi connectivity index (χ0v) is 17.4. The van der Waals surface area contributed by atoms with Crippen LogP contribution >= 0.6 is 0 Å². The van der Waals surface area contributed by atoms with Crippen LogP contribution in [0.25, 0.3) is 0 Å². The third kappa shape index (κ3) is 3.71. The number of hydrogen-bond donors (Lipinski definition) is 1. The smallest absolute Gasteiger partial charge is 0.229 e. The highest BCUT2D eigenvalue weighted by Crippen LogP contribution is 2.41. The summed E-state index contributed by atoms with van der Waals surface area (Å²) in [6.45, 7) is 1.12. The lowest BCUT2D eigenvalue weighted by Crippen LogP contribution is -2.21. The van der Waals surface area contributed by atoms with E-state index in [0.717, 1.165) is 30.0 Å². The number of fused-ring (bicyclic) bond motifs is 6. The number of hydrogen-bond acceptors (Lipinski definition) is 6. The summed E-state index contributed by atoms with van der Waals surface area (Å²) < 4.78 is 5.82. The third-order valence-corrected chi connectivity index (χ3v) is 5.83. The molecule has 0 saturated heterocycles. The first-order chi connectivity index (χ1) is 15.2. The summed E-state index contributed by atoms with van der Waals surface area (Å²) in [5.41, 5.74) is 4.90. The normalized spacial score (nSPS) is 18.3. The molecule has 1 aliphatic carbocycles. The molecule has 6 heteroatoms. The molecule has 1 aliphatic heterocycles. The molecule has 0 amide bonds. The second-order valence-corrected chi connectivity index (χ2v) is 7.85. The van der Waals surface area contributed by atoms with Gasteiger partial charge in [-0.2, -0.15) is 10.2 Å². The number of nitriles is 1. The van der Waals surface area contributed by atoms with Crippen LogP contribution in [0.3, 0.4) is 0 Å². The highest BCUT2D eigenvalue weighted by Gasteiger charge is 2.30. The Morgan fingerprint density at radius 1 is 1.13 bits per heavy atom. The van der Waals surface area contributed by atoms with E-state index >= 15 is 0 Å². The van der Waals surface area contributed by atoms with Crippen molar-refractivity contribution in [3.8, 4) is 11.8 Å². The minimum Gasteiger partial charge on any atom is -0.488 e. The molecule has 2 aromatic carbocycles. The quantitative estimate of drug-likeness (QED) is 0.594. The molecule has 31 heavy (non-hydrogen) atoms. The molecule has 1 unspecified atom stereocenters. The maximum Gasteiger partial charge on any atom is 0.229 e. The maximum atomic E-state index is 9.39. The Balaban J connectivity index is 1.62. The summed E-state index contributed by atoms with van der Waals surface area (Å²) in [7, 11) is 2.06. The Bertz CT molecular complexity index is 1180. The topological polar surface area (TPSA) is 74.1 Å². The first kappa shape index (κ1) is 19.1. The van der Waals surface area contributed by atoms with Crippen LogP contribution in [0.5, 0.6) is 5.75 Å². The molecule has 1 aromatic heterocycles. The van der Waals surface area contributed by atoms with Gasteiger partial charge in [-0.25, -0.2) is 4.98 Å². The Kier molecular flexibility index (Phi) is 5.01. The standard InChI is InChI=1S/C25H23N5O/c1-30-13-5-6-14-31-22-15-19(10-9-18(22)16-26)27-25-28-23-20(17-7-3-2-4-8-17)11-12-21(23)24(30)29-25/h2-10,15,20H,11-14H2,1H3,(H,27,28,29)/b6-5-. The lowest BCUT2D eigenvalue weighted by Gasteiger charge is -2.21. The fraction of sp³-hybridized carbons (Fsp3) is 0.240. The Labute approximate surface area is 181 Å². The number of aromatic nitrogens is 2. The van der Waals surface area contributed by atoms with E-state index in [1.54, 1.807) is 6.07 Å². The van der Waals surface area contributed by atoms with Crippen molar-refractivity contribution >= 4 is 17.5 Å². The van der Waals surface area contributed by atoms with Crippen LogP contribution in [0, 0.1) is 11.3 Å². The predicted molar refractivity (Wildman–Crippen MR) is 121 cm³/mol. The van der Waals surface area contributed by atoms with Gasteiger partial charge in [0.2, 0.25) is 5.95 Å². The van der Waals surface area contributed by atoms with Crippen molar-refractivity contribution in [2.45, 2.75) is 18.8 Å². The van der Waals surface area contributed by atoms with Gasteiger partial charge in [0, 0.05) is 36.8 Å². The molecule has 2 heterocycles. The second kappa shape index (κ2) is 8.11.